The summed E-state index contributed by atoms with van der Waals surface area (Å²) < 4.78 is 24.1. The molecule has 18 nitrogen and oxygen atoms in total. The first-order valence-electron chi connectivity index (χ1n) is 24.9. The van der Waals surface area contributed by atoms with Gasteiger partial charge in [-0.3, -0.25) is 4.79 Å². The van der Waals surface area contributed by atoms with Crippen LogP contribution in [0, 0.1) is 0 Å². The lowest BCUT2D eigenvalue weighted by molar-refractivity contribution is 0.103. The number of carbonyl (C=O) groups excluding carboxylic acids is 1. The zero-order chi connectivity index (χ0) is 48.7. The number of ketones is 1. The highest BCUT2D eigenvalue weighted by molar-refractivity contribution is 6.13. The first-order valence-corrected chi connectivity index (χ1v) is 24.9. The number of hydrogen-bond donors (Lipinski definition) is 3. The van der Waals surface area contributed by atoms with Crippen molar-refractivity contribution in [1.29, 1.82) is 0 Å². The molecule has 3 N–H and O–H groups in total. The summed E-state index contributed by atoms with van der Waals surface area (Å²) in [4.78, 5) is 50.7. The smallest absolute Gasteiger partial charge is 0.324 e. The average molecular weight is 946 g/mol. The lowest BCUT2D eigenvalue weighted by Gasteiger charge is -2.26. The molecule has 0 saturated carbocycles. The van der Waals surface area contributed by atoms with Gasteiger partial charge in [-0.25, -0.2) is 0 Å². The molecule has 7 rings (SSSR count). The van der Waals surface area contributed by atoms with Gasteiger partial charge in [-0.1, -0.05) is 67.5 Å². The van der Waals surface area contributed by atoms with Gasteiger partial charge in [-0.2, -0.15) is 19.9 Å². The fourth-order valence-electron chi connectivity index (χ4n) is 8.50. The molecule has 0 amide bonds. The predicted molar refractivity (Wildman–Crippen MR) is 271 cm³/mol. The second kappa shape index (κ2) is 24.9. The van der Waals surface area contributed by atoms with Crippen LogP contribution >= 0.6 is 0 Å². The van der Waals surface area contributed by atoms with E-state index in [2.05, 4.69) is 133 Å². The molecule has 3 heterocycles. The highest BCUT2D eigenvalue weighted by Gasteiger charge is 2.27. The van der Waals surface area contributed by atoms with Crippen LogP contribution < -0.4 is 34.9 Å². The summed E-state index contributed by atoms with van der Waals surface area (Å²) in [5, 5.41) is 10.3. The zero-order valence-corrected chi connectivity index (χ0v) is 41.9. The minimum atomic E-state index is -0.0357. The summed E-state index contributed by atoms with van der Waals surface area (Å²) in [5.41, 5.74) is 8.83. The van der Waals surface area contributed by atoms with Crippen molar-refractivity contribution in [3.8, 4) is 24.0 Å². The Bertz CT molecular complexity index is 2400. The average Bonchev–Trinajstić information content (AvgIpc) is 3.36. The van der Waals surface area contributed by atoms with Crippen molar-refractivity contribution in [3.05, 3.63) is 81.9 Å². The normalized spacial score (nSPS) is 12.7. The number of rotatable bonds is 28. The molecule has 1 aliphatic carbocycles. The van der Waals surface area contributed by atoms with Gasteiger partial charge in [0.2, 0.25) is 11.9 Å². The van der Waals surface area contributed by atoms with E-state index in [-0.39, 0.29) is 35.8 Å². The minimum Gasteiger partial charge on any atom is -0.462 e. The number of benzene rings is 3. The highest BCUT2D eigenvalue weighted by Crippen LogP contribution is 2.39. The van der Waals surface area contributed by atoms with Crippen LogP contribution in [0.4, 0.5) is 34.6 Å². The summed E-state index contributed by atoms with van der Waals surface area (Å²) in [6.07, 6.45) is 1.30. The molecule has 0 unspecified atom stereocenters. The maximum absolute atomic E-state index is 14.3. The minimum absolute atomic E-state index is 0.0357. The van der Waals surface area contributed by atoms with Crippen molar-refractivity contribution < 1.29 is 23.7 Å². The molecular weight excluding hydrogens is 875 g/mol. The number of nitrogens with one attached hydrogen (secondary N) is 3. The van der Waals surface area contributed by atoms with Gasteiger partial charge in [0, 0.05) is 66.5 Å². The molecule has 69 heavy (non-hydrogen) atoms. The van der Waals surface area contributed by atoms with E-state index in [0.29, 0.717) is 62.0 Å². The van der Waals surface area contributed by atoms with Crippen molar-refractivity contribution in [3.63, 3.8) is 0 Å². The first-order chi connectivity index (χ1) is 33.6. The summed E-state index contributed by atoms with van der Waals surface area (Å²) >= 11 is 0. The molecule has 0 bridgehead atoms. The third-order valence-corrected chi connectivity index (χ3v) is 12.9. The quantitative estimate of drug-likeness (QED) is 0.0448. The van der Waals surface area contributed by atoms with Gasteiger partial charge in [-0.15, -0.1) is 9.97 Å². The number of nitrogens with zero attached hydrogens (tertiary/aromatic N) is 10. The maximum Gasteiger partial charge on any atom is 0.324 e. The van der Waals surface area contributed by atoms with Crippen LogP contribution in [-0.4, -0.2) is 160 Å². The second-order valence-electron chi connectivity index (χ2n) is 16.9. The molecule has 370 valence electrons. The molecular formula is C51H71N13O5. The number of hydrogen-bond acceptors (Lipinski definition) is 18. The number of ether oxygens (including phenoxy) is 4. The van der Waals surface area contributed by atoms with Gasteiger partial charge < -0.3 is 54.5 Å². The Morgan fingerprint density at radius 3 is 1.29 bits per heavy atom. The molecule has 2 aliphatic rings. The van der Waals surface area contributed by atoms with Gasteiger partial charge in [0.15, 0.2) is 5.78 Å². The Labute approximate surface area is 407 Å². The second-order valence-corrected chi connectivity index (χ2v) is 16.9. The Hall–Kier alpha value is -6.21. The van der Waals surface area contributed by atoms with Gasteiger partial charge in [0.25, 0.3) is 0 Å². The summed E-state index contributed by atoms with van der Waals surface area (Å²) in [6.45, 7) is 29.2. The molecule has 18 heteroatoms. The maximum atomic E-state index is 14.3. The van der Waals surface area contributed by atoms with Crippen LogP contribution in [0.3, 0.4) is 0 Å². The molecule has 0 fully saturated rings. The van der Waals surface area contributed by atoms with Gasteiger partial charge in [-0.05, 0) is 117 Å². The van der Waals surface area contributed by atoms with Crippen LogP contribution in [0.2, 0.25) is 0 Å². The summed E-state index contributed by atoms with van der Waals surface area (Å²) in [6, 6.07) is 16.9. The van der Waals surface area contributed by atoms with Crippen molar-refractivity contribution in [2.24, 2.45) is 0 Å². The van der Waals surface area contributed by atoms with Crippen LogP contribution in [0.25, 0.3) is 0 Å². The fourth-order valence-corrected chi connectivity index (χ4v) is 8.50. The standard InChI is InChI=1S/C51H71N13O5/c1-9-61(10-2)21-25-66-48-55-46(56-49(59-48)67-26-22-62(11-3)12-4)52-39-19-20-43-38(32-39)31-37-30-36-29-35-17-18-40(33-41(35)45(65)42(36)34-44(37)54-43)53-47-57-50(68-27-23-63(13-5)14-6)60-51(58-47)69-28-24-64(15-7)16-8/h17-20,30,32-34,54H,9-16,21-29,31H2,1-8H3,(H,52,55,56,59)(H,53,57,58,60). The van der Waals surface area contributed by atoms with E-state index in [1.54, 1.807) is 0 Å². The van der Waals surface area contributed by atoms with E-state index in [9.17, 15) is 4.79 Å². The monoisotopic (exact) mass is 946 g/mol. The van der Waals surface area contributed by atoms with Crippen molar-refractivity contribution >= 4 is 40.4 Å². The van der Waals surface area contributed by atoms with E-state index >= 15 is 0 Å². The third kappa shape index (κ3) is 13.5. The number of aromatic nitrogens is 6. The Morgan fingerprint density at radius 1 is 0.449 bits per heavy atom. The van der Waals surface area contributed by atoms with Gasteiger partial charge in [0.05, 0.1) is 0 Å². The summed E-state index contributed by atoms with van der Waals surface area (Å²) in [7, 11) is 0. The molecule has 5 aromatic rings. The SMILES string of the molecule is CCN(CC)CCOc1nc(Nc2ccc3c(c2)Cc2cc4c(cc2N3)C(=O)c2cc(Nc3nc(OCCN(CC)CC)nc(OCCN(CC)CC)n3)ccc2C4)nc(OCCN(CC)CC)n1. The van der Waals surface area contributed by atoms with Gasteiger partial charge in [0.1, 0.15) is 26.4 Å². The van der Waals surface area contributed by atoms with E-state index in [1.165, 1.54) is 0 Å². The van der Waals surface area contributed by atoms with E-state index in [1.807, 2.05) is 36.4 Å². The Kier molecular flexibility index (Phi) is 18.3. The van der Waals surface area contributed by atoms with Crippen molar-refractivity contribution in [2.45, 2.75) is 68.2 Å². The molecule has 2 aromatic heterocycles. The molecule has 0 spiro atoms. The molecule has 0 saturated heterocycles. The lowest BCUT2D eigenvalue weighted by atomic mass is 9.82. The van der Waals surface area contributed by atoms with E-state index < -0.39 is 0 Å². The van der Waals surface area contributed by atoms with E-state index in [0.717, 1.165) is 118 Å². The zero-order valence-electron chi connectivity index (χ0n) is 41.9. The lowest BCUT2D eigenvalue weighted by Crippen LogP contribution is -2.28. The first kappa shape index (κ1) is 50.7. The van der Waals surface area contributed by atoms with E-state index in [4.69, 9.17) is 18.9 Å². The highest BCUT2D eigenvalue weighted by atomic mass is 16.5. The topological polar surface area (TPSA) is 180 Å². The van der Waals surface area contributed by atoms with Crippen LogP contribution in [0.5, 0.6) is 24.0 Å². The van der Waals surface area contributed by atoms with Crippen LogP contribution in [0.15, 0.2) is 48.5 Å². The van der Waals surface area contributed by atoms with Gasteiger partial charge >= 0.3 is 24.0 Å². The largest absolute Gasteiger partial charge is 0.462 e. The number of likely N-dealkylation sites (N-methyl/N-ethyl adjacent to an activating group) is 4. The summed E-state index contributed by atoms with van der Waals surface area (Å²) in [5.74, 6) is 0.572. The number of carbonyl (C=O) groups is 1. The molecule has 0 radical (unpaired) electrons. The number of fused-ring (bicyclic) bond motifs is 4. The predicted octanol–water partition coefficient (Wildman–Crippen LogP) is 7.21. The van der Waals surface area contributed by atoms with Crippen molar-refractivity contribution in [2.75, 3.05) is 121 Å². The molecule has 3 aromatic carbocycles. The Morgan fingerprint density at radius 2 is 0.841 bits per heavy atom. The van der Waals surface area contributed by atoms with Crippen LogP contribution in [-0.2, 0) is 12.8 Å². The molecule has 1 aliphatic heterocycles. The number of anilines is 6. The molecule has 0 atom stereocenters. The Balaban J connectivity index is 1.04. The third-order valence-electron chi connectivity index (χ3n) is 12.9. The van der Waals surface area contributed by atoms with Crippen molar-refractivity contribution in [1.82, 2.24) is 49.5 Å². The fraction of sp³-hybridized carbons (Fsp3) is 0.510. The van der Waals surface area contributed by atoms with Crippen LogP contribution in [0.1, 0.15) is 93.6 Å².